The molecule has 4 N–H and O–H groups in total. The van der Waals surface area contributed by atoms with Crippen molar-refractivity contribution in [2.45, 2.75) is 50.5 Å². The summed E-state index contributed by atoms with van der Waals surface area (Å²) >= 11 is 0. The maximum atomic E-state index is 14.0. The number of carbonyl (C=O) groups excluding carboxylic acids is 1. The van der Waals surface area contributed by atoms with Crippen LogP contribution in [0.3, 0.4) is 0 Å². The van der Waals surface area contributed by atoms with Crippen molar-refractivity contribution in [2.24, 2.45) is 5.41 Å². The second-order valence-electron chi connectivity index (χ2n) is 11.0. The van der Waals surface area contributed by atoms with Gasteiger partial charge in [0.1, 0.15) is 0 Å². The minimum atomic E-state index is -3.84. The Kier molecular flexibility index (Phi) is 9.93. The number of sulfone groups is 1. The number of amides is 1. The van der Waals surface area contributed by atoms with Crippen LogP contribution in [0.5, 0.6) is 23.0 Å². The molecule has 3 aromatic carbocycles. The molecule has 1 heterocycles. The van der Waals surface area contributed by atoms with Crippen molar-refractivity contribution in [2.75, 3.05) is 30.9 Å². The predicted molar refractivity (Wildman–Crippen MR) is 165 cm³/mol. The molecule has 4 rings (SSSR count). The molecular formula is C32H38N2O9S. The monoisotopic (exact) mass is 626 g/mol. The number of aromatic hydroxyl groups is 2. The van der Waals surface area contributed by atoms with Crippen LogP contribution in [0.1, 0.15) is 51.1 Å². The predicted octanol–water partition coefficient (Wildman–Crippen LogP) is 4.94. The average molecular weight is 627 g/mol. The van der Waals surface area contributed by atoms with Gasteiger partial charge in [0.15, 0.2) is 45.5 Å². The highest BCUT2D eigenvalue weighted by Crippen LogP contribution is 2.47. The minimum absolute atomic E-state index is 0.0115. The largest absolute Gasteiger partial charge is 0.504 e. The number of phenolic OH excluding ortho intramolecular Hbond substituents is 2. The van der Waals surface area contributed by atoms with Crippen LogP contribution in [-0.2, 0) is 19.4 Å². The summed E-state index contributed by atoms with van der Waals surface area (Å²) in [6, 6.07) is 14.5. The van der Waals surface area contributed by atoms with Gasteiger partial charge in [-0.1, -0.05) is 57.0 Å². The first-order valence-electron chi connectivity index (χ1n) is 14.4. The molecule has 0 spiro atoms. The van der Waals surface area contributed by atoms with E-state index in [9.17, 15) is 33.3 Å². The third-order valence-corrected chi connectivity index (χ3v) is 10.00. The summed E-state index contributed by atoms with van der Waals surface area (Å²) in [7, 11) is -2.44. The molecule has 0 aromatic heterocycles. The molecule has 0 radical (unpaired) electrons. The highest BCUT2D eigenvalue weighted by Gasteiger charge is 2.42. The molecule has 0 fully saturated rings. The molecule has 1 aliphatic rings. The number of carbonyl (C=O) groups is 2. The first-order valence-corrected chi connectivity index (χ1v) is 16.0. The Balaban J connectivity index is 1.69. The van der Waals surface area contributed by atoms with Crippen molar-refractivity contribution >= 4 is 33.1 Å². The third-order valence-electron chi connectivity index (χ3n) is 8.01. The van der Waals surface area contributed by atoms with E-state index >= 15 is 0 Å². The summed E-state index contributed by atoms with van der Waals surface area (Å²) in [6.07, 6.45) is 3.20. The first-order chi connectivity index (χ1) is 20.9. The van der Waals surface area contributed by atoms with E-state index in [-0.39, 0.29) is 27.7 Å². The number of fused-ring (bicyclic) bond motifs is 1. The molecule has 3 aromatic rings. The van der Waals surface area contributed by atoms with E-state index in [2.05, 4.69) is 12.2 Å². The second-order valence-corrected chi connectivity index (χ2v) is 12.9. The van der Waals surface area contributed by atoms with E-state index < -0.39 is 51.3 Å². The number of ether oxygens (including phenoxy) is 2. The Labute approximate surface area is 257 Å². The fourth-order valence-electron chi connectivity index (χ4n) is 5.54. The number of hydrogen-bond acceptors (Lipinski definition) is 9. The molecule has 2 unspecified atom stereocenters. The number of benzene rings is 3. The van der Waals surface area contributed by atoms with Crippen LogP contribution in [0, 0.1) is 5.41 Å². The summed E-state index contributed by atoms with van der Waals surface area (Å²) in [5, 5.41) is 31.8. The summed E-state index contributed by atoms with van der Waals surface area (Å²) < 4.78 is 39.3. The quantitative estimate of drug-likeness (QED) is 0.203. The van der Waals surface area contributed by atoms with Crippen molar-refractivity contribution in [1.82, 2.24) is 5.32 Å². The summed E-state index contributed by atoms with van der Waals surface area (Å²) in [4.78, 5) is 26.7. The Bertz CT molecular complexity index is 1610. The van der Waals surface area contributed by atoms with Gasteiger partial charge in [0.25, 0.3) is 5.91 Å². The lowest BCUT2D eigenvalue weighted by molar-refractivity contribution is -0.142. The molecule has 11 nitrogen and oxygen atoms in total. The van der Waals surface area contributed by atoms with Gasteiger partial charge >= 0.3 is 5.97 Å². The SMILES string of the molecule is CCCCC1(CC)CN(c2ccccc2)c2cc(OC)c(OCC(=O)NC(C(=O)O)c3cccc(O)c3O)cc2S(=O)(=O)C1. The molecule has 1 aliphatic heterocycles. The molecule has 44 heavy (non-hydrogen) atoms. The summed E-state index contributed by atoms with van der Waals surface area (Å²) in [5.41, 5.74) is 0.524. The van der Waals surface area contributed by atoms with Crippen LogP contribution in [0.25, 0.3) is 0 Å². The number of unbranched alkanes of at least 4 members (excludes halogenated alkanes) is 1. The topological polar surface area (TPSA) is 163 Å². The minimum Gasteiger partial charge on any atom is -0.504 e. The van der Waals surface area contributed by atoms with Gasteiger partial charge in [-0.25, -0.2) is 13.2 Å². The molecular weight excluding hydrogens is 588 g/mol. The number of hydrogen-bond donors (Lipinski definition) is 4. The van der Waals surface area contributed by atoms with E-state index in [1.807, 2.05) is 42.2 Å². The number of para-hydroxylation sites is 2. The van der Waals surface area contributed by atoms with E-state index in [0.29, 0.717) is 18.7 Å². The number of nitrogens with zero attached hydrogens (tertiary/aromatic N) is 1. The van der Waals surface area contributed by atoms with Gasteiger partial charge in [-0.05, 0) is 31.0 Å². The van der Waals surface area contributed by atoms with Crippen LogP contribution >= 0.6 is 0 Å². The Morgan fingerprint density at radius 3 is 2.41 bits per heavy atom. The van der Waals surface area contributed by atoms with Gasteiger partial charge in [-0.15, -0.1) is 0 Å². The highest BCUT2D eigenvalue weighted by atomic mass is 32.2. The lowest BCUT2D eigenvalue weighted by Crippen LogP contribution is -2.37. The number of carboxylic acids is 1. The highest BCUT2D eigenvalue weighted by molar-refractivity contribution is 7.91. The van der Waals surface area contributed by atoms with Crippen LogP contribution in [0.15, 0.2) is 65.6 Å². The number of methoxy groups -OCH3 is 1. The molecule has 2 atom stereocenters. The van der Waals surface area contributed by atoms with Crippen LogP contribution < -0.4 is 19.7 Å². The summed E-state index contributed by atoms with van der Waals surface area (Å²) in [6.45, 7) is 3.88. The fraction of sp³-hybridized carbons (Fsp3) is 0.375. The van der Waals surface area contributed by atoms with E-state index in [0.717, 1.165) is 24.9 Å². The van der Waals surface area contributed by atoms with Crippen LogP contribution in [0.4, 0.5) is 11.4 Å². The van der Waals surface area contributed by atoms with E-state index in [4.69, 9.17) is 9.47 Å². The smallest absolute Gasteiger partial charge is 0.331 e. The van der Waals surface area contributed by atoms with Crippen molar-refractivity contribution in [3.8, 4) is 23.0 Å². The Morgan fingerprint density at radius 1 is 1.05 bits per heavy atom. The van der Waals surface area contributed by atoms with Gasteiger partial charge in [0, 0.05) is 35.3 Å². The molecule has 0 aliphatic carbocycles. The Morgan fingerprint density at radius 2 is 1.77 bits per heavy atom. The van der Waals surface area contributed by atoms with E-state index in [1.54, 1.807) is 6.07 Å². The third kappa shape index (κ3) is 6.85. The van der Waals surface area contributed by atoms with Gasteiger partial charge in [-0.3, -0.25) is 4.79 Å². The maximum absolute atomic E-state index is 14.0. The van der Waals surface area contributed by atoms with Gasteiger partial charge in [-0.2, -0.15) is 0 Å². The molecule has 1 amide bonds. The number of carboxylic acid groups (broad SMARTS) is 1. The Hall–Kier alpha value is -4.45. The van der Waals surface area contributed by atoms with E-state index in [1.165, 1.54) is 31.4 Å². The maximum Gasteiger partial charge on any atom is 0.331 e. The number of nitrogens with one attached hydrogen (secondary N) is 1. The fourth-order valence-corrected chi connectivity index (χ4v) is 7.72. The van der Waals surface area contributed by atoms with Crippen molar-refractivity contribution in [3.63, 3.8) is 0 Å². The molecule has 0 saturated carbocycles. The molecule has 236 valence electrons. The standard InChI is InChI=1S/C32H38N2O9S/c1-4-6-15-32(5-2)19-34(21-11-8-7-9-12-21)23-16-25(42-3)26(17-27(23)44(40,41)20-32)43-18-28(36)33-29(31(38)39)22-13-10-14-24(35)30(22)37/h7-14,16-17,29,35,37H,4-6,15,18-20H2,1-3H3,(H,33,36)(H,38,39). The van der Waals surface area contributed by atoms with Crippen LogP contribution in [-0.4, -0.2) is 61.6 Å². The number of aliphatic carboxylic acids is 1. The van der Waals surface area contributed by atoms with Crippen LogP contribution in [0.2, 0.25) is 0 Å². The zero-order valence-corrected chi connectivity index (χ0v) is 25.8. The molecule has 0 saturated heterocycles. The van der Waals surface area contributed by atoms with Gasteiger partial charge in [0.05, 0.1) is 23.4 Å². The first kappa shape index (κ1) is 32.5. The van der Waals surface area contributed by atoms with Crippen molar-refractivity contribution in [3.05, 3.63) is 66.2 Å². The van der Waals surface area contributed by atoms with Gasteiger partial charge < -0.3 is 35.0 Å². The number of phenols is 2. The molecule has 12 heteroatoms. The average Bonchev–Trinajstić information content (AvgIpc) is 3.10. The van der Waals surface area contributed by atoms with Crippen molar-refractivity contribution < 1.29 is 42.8 Å². The second kappa shape index (κ2) is 13.5. The summed E-state index contributed by atoms with van der Waals surface area (Å²) in [5.74, 6) is -3.45. The lowest BCUT2D eigenvalue weighted by atomic mass is 9.81. The molecule has 0 bridgehead atoms. The zero-order chi connectivity index (χ0) is 32.1. The number of rotatable bonds is 12. The lowest BCUT2D eigenvalue weighted by Gasteiger charge is -2.36. The zero-order valence-electron chi connectivity index (χ0n) is 24.9. The van der Waals surface area contributed by atoms with Gasteiger partial charge in [0.2, 0.25) is 0 Å². The van der Waals surface area contributed by atoms with Crippen molar-refractivity contribution in [1.29, 1.82) is 0 Å². The number of anilines is 2. The normalized spacial score (nSPS) is 18.0.